The molecule has 0 bridgehead atoms. The lowest BCUT2D eigenvalue weighted by Crippen LogP contribution is -1.76. The molecule has 0 rings (SSSR count). The SMILES string of the molecule is C=C(CC)CCI. The van der Waals surface area contributed by atoms with Crippen molar-refractivity contribution in [3.05, 3.63) is 12.2 Å². The first-order valence-electron chi connectivity index (χ1n) is 2.54. The molecule has 0 nitrogen and oxygen atoms in total. The minimum absolute atomic E-state index is 1.14. The standard InChI is InChI=1S/C6H11I/c1-3-6(2)4-5-7/h2-5H2,1H3. The number of hydrogen-bond donors (Lipinski definition) is 0. The molecule has 0 fully saturated rings. The fourth-order valence-electron chi connectivity index (χ4n) is 0.310. The summed E-state index contributed by atoms with van der Waals surface area (Å²) in [7, 11) is 0. The van der Waals surface area contributed by atoms with Gasteiger partial charge in [-0.1, -0.05) is 41.7 Å². The van der Waals surface area contributed by atoms with E-state index in [9.17, 15) is 0 Å². The fraction of sp³-hybridized carbons (Fsp3) is 0.667. The van der Waals surface area contributed by atoms with Crippen molar-refractivity contribution < 1.29 is 0 Å². The Labute approximate surface area is 59.1 Å². The summed E-state index contributed by atoms with van der Waals surface area (Å²) in [6.07, 6.45) is 2.33. The molecule has 0 spiro atoms. The molecule has 0 saturated carbocycles. The van der Waals surface area contributed by atoms with Gasteiger partial charge in [-0.15, -0.1) is 0 Å². The van der Waals surface area contributed by atoms with E-state index >= 15 is 0 Å². The summed E-state index contributed by atoms with van der Waals surface area (Å²) < 4.78 is 1.21. The van der Waals surface area contributed by atoms with Gasteiger partial charge in [0.2, 0.25) is 0 Å². The monoisotopic (exact) mass is 210 g/mol. The van der Waals surface area contributed by atoms with E-state index in [2.05, 4.69) is 36.1 Å². The zero-order valence-electron chi connectivity index (χ0n) is 4.71. The van der Waals surface area contributed by atoms with E-state index in [1.54, 1.807) is 0 Å². The first-order valence-corrected chi connectivity index (χ1v) is 4.06. The van der Waals surface area contributed by atoms with Crippen LogP contribution in [0.2, 0.25) is 0 Å². The molecule has 42 valence electrons. The number of alkyl halides is 1. The Morgan fingerprint density at radius 2 is 2.29 bits per heavy atom. The lowest BCUT2D eigenvalue weighted by molar-refractivity contribution is 1.00. The van der Waals surface area contributed by atoms with Crippen LogP contribution >= 0.6 is 22.6 Å². The molecular formula is C6H11I. The first kappa shape index (κ1) is 7.47. The summed E-state index contributed by atoms with van der Waals surface area (Å²) in [5.74, 6) is 0. The van der Waals surface area contributed by atoms with Crippen LogP contribution in [0.1, 0.15) is 19.8 Å². The molecule has 0 unspecified atom stereocenters. The molecule has 0 saturated heterocycles. The van der Waals surface area contributed by atoms with Gasteiger partial charge in [0, 0.05) is 4.43 Å². The van der Waals surface area contributed by atoms with Gasteiger partial charge in [-0.3, -0.25) is 0 Å². The van der Waals surface area contributed by atoms with Crippen molar-refractivity contribution in [2.45, 2.75) is 19.8 Å². The number of hydrogen-bond acceptors (Lipinski definition) is 0. The normalized spacial score (nSPS) is 8.86. The van der Waals surface area contributed by atoms with Crippen LogP contribution in [-0.2, 0) is 0 Å². The molecule has 0 aliphatic carbocycles. The van der Waals surface area contributed by atoms with Crippen molar-refractivity contribution in [3.63, 3.8) is 0 Å². The second kappa shape index (κ2) is 4.62. The molecule has 0 N–H and O–H groups in total. The summed E-state index contributed by atoms with van der Waals surface area (Å²) in [4.78, 5) is 0. The van der Waals surface area contributed by atoms with Gasteiger partial charge in [0.15, 0.2) is 0 Å². The summed E-state index contributed by atoms with van der Waals surface area (Å²) in [5, 5.41) is 0. The first-order chi connectivity index (χ1) is 3.31. The average molecular weight is 210 g/mol. The Morgan fingerprint density at radius 3 is 2.43 bits per heavy atom. The molecule has 7 heavy (non-hydrogen) atoms. The molecule has 0 aromatic rings. The second-order valence-electron chi connectivity index (χ2n) is 1.54. The zero-order valence-corrected chi connectivity index (χ0v) is 6.86. The zero-order chi connectivity index (χ0) is 5.70. The van der Waals surface area contributed by atoms with E-state index < -0.39 is 0 Å². The van der Waals surface area contributed by atoms with Gasteiger partial charge in [-0.05, 0) is 12.8 Å². The van der Waals surface area contributed by atoms with Gasteiger partial charge >= 0.3 is 0 Å². The predicted octanol–water partition coefficient (Wildman–Crippen LogP) is 2.78. The van der Waals surface area contributed by atoms with Crippen LogP contribution in [0.3, 0.4) is 0 Å². The van der Waals surface area contributed by atoms with E-state index in [1.807, 2.05) is 0 Å². The van der Waals surface area contributed by atoms with Crippen LogP contribution in [0.4, 0.5) is 0 Å². The maximum absolute atomic E-state index is 3.86. The molecule has 0 amide bonds. The van der Waals surface area contributed by atoms with Gasteiger partial charge in [0.05, 0.1) is 0 Å². The Kier molecular flexibility index (Phi) is 4.94. The summed E-state index contributed by atoms with van der Waals surface area (Å²) in [6.45, 7) is 6.01. The lowest BCUT2D eigenvalue weighted by Gasteiger charge is -1.93. The predicted molar refractivity (Wildman–Crippen MR) is 42.9 cm³/mol. The molecule has 0 aliphatic heterocycles. The third-order valence-electron chi connectivity index (χ3n) is 0.948. The van der Waals surface area contributed by atoms with Crippen LogP contribution in [0.5, 0.6) is 0 Å². The molecule has 0 aromatic carbocycles. The molecule has 0 aromatic heterocycles. The van der Waals surface area contributed by atoms with Crippen LogP contribution in [0.15, 0.2) is 12.2 Å². The van der Waals surface area contributed by atoms with Crippen LogP contribution in [0.25, 0.3) is 0 Å². The van der Waals surface area contributed by atoms with Gasteiger partial charge in [-0.2, -0.15) is 0 Å². The average Bonchev–Trinajstić information content (AvgIpc) is 1.68. The number of allylic oxidation sites excluding steroid dienone is 1. The Bertz CT molecular complexity index is 57.2. The van der Waals surface area contributed by atoms with Crippen LogP contribution in [-0.4, -0.2) is 4.43 Å². The Morgan fingerprint density at radius 1 is 1.71 bits per heavy atom. The van der Waals surface area contributed by atoms with E-state index in [0.717, 1.165) is 6.42 Å². The van der Waals surface area contributed by atoms with Crippen molar-refractivity contribution in [3.8, 4) is 0 Å². The van der Waals surface area contributed by atoms with Crippen LogP contribution < -0.4 is 0 Å². The van der Waals surface area contributed by atoms with Crippen molar-refractivity contribution in [1.82, 2.24) is 0 Å². The van der Waals surface area contributed by atoms with Crippen LogP contribution in [0, 0.1) is 0 Å². The van der Waals surface area contributed by atoms with E-state index in [4.69, 9.17) is 0 Å². The van der Waals surface area contributed by atoms with E-state index in [0.29, 0.717) is 0 Å². The molecule has 1 heteroatoms. The lowest BCUT2D eigenvalue weighted by atomic mass is 10.2. The highest BCUT2D eigenvalue weighted by Gasteiger charge is 1.84. The summed E-state index contributed by atoms with van der Waals surface area (Å²) in [5.41, 5.74) is 1.37. The second-order valence-corrected chi connectivity index (χ2v) is 2.62. The largest absolute Gasteiger partial charge is 0.0998 e. The van der Waals surface area contributed by atoms with Crippen molar-refractivity contribution in [2.24, 2.45) is 0 Å². The molecule has 0 atom stereocenters. The molecule has 0 heterocycles. The minimum atomic E-state index is 1.14. The molecular weight excluding hydrogens is 199 g/mol. The van der Waals surface area contributed by atoms with Crippen molar-refractivity contribution >= 4 is 22.6 Å². The highest BCUT2D eigenvalue weighted by molar-refractivity contribution is 14.1. The maximum Gasteiger partial charge on any atom is 0.00324 e. The topological polar surface area (TPSA) is 0 Å². The van der Waals surface area contributed by atoms with Crippen molar-refractivity contribution in [1.29, 1.82) is 0 Å². The van der Waals surface area contributed by atoms with E-state index in [1.165, 1.54) is 16.4 Å². The third kappa shape index (κ3) is 4.32. The number of halogens is 1. The maximum atomic E-state index is 3.86. The smallest absolute Gasteiger partial charge is 0.00324 e. The molecule has 0 radical (unpaired) electrons. The quantitative estimate of drug-likeness (QED) is 0.381. The summed E-state index contributed by atoms with van der Waals surface area (Å²) >= 11 is 2.37. The fourth-order valence-corrected chi connectivity index (χ4v) is 1.07. The van der Waals surface area contributed by atoms with Gasteiger partial charge in [0.1, 0.15) is 0 Å². The minimum Gasteiger partial charge on any atom is -0.0998 e. The van der Waals surface area contributed by atoms with Gasteiger partial charge in [0.25, 0.3) is 0 Å². The number of rotatable bonds is 3. The van der Waals surface area contributed by atoms with Gasteiger partial charge in [-0.25, -0.2) is 0 Å². The third-order valence-corrected chi connectivity index (χ3v) is 1.49. The Balaban J connectivity index is 3.00. The van der Waals surface area contributed by atoms with Crippen molar-refractivity contribution in [2.75, 3.05) is 4.43 Å². The van der Waals surface area contributed by atoms with Gasteiger partial charge < -0.3 is 0 Å². The highest BCUT2D eigenvalue weighted by Crippen LogP contribution is 2.03. The summed E-state index contributed by atoms with van der Waals surface area (Å²) in [6, 6.07) is 0. The highest BCUT2D eigenvalue weighted by atomic mass is 127. The Hall–Kier alpha value is 0.470. The molecule has 0 aliphatic rings. The van der Waals surface area contributed by atoms with E-state index in [-0.39, 0.29) is 0 Å².